The number of aromatic nitrogens is 2. The Balaban J connectivity index is 2.16. The summed E-state index contributed by atoms with van der Waals surface area (Å²) in [6.07, 6.45) is 3.27. The molecule has 1 aromatic heterocycles. The van der Waals surface area contributed by atoms with Gasteiger partial charge in [0.1, 0.15) is 5.78 Å². The molecule has 4 nitrogen and oxygen atoms in total. The third kappa shape index (κ3) is 2.45. The molecule has 0 spiro atoms. The van der Waals surface area contributed by atoms with Crippen LogP contribution in [-0.2, 0) is 17.8 Å². The van der Waals surface area contributed by atoms with Crippen LogP contribution in [0.25, 0.3) is 0 Å². The minimum absolute atomic E-state index is 0.00146. The minimum atomic E-state index is 0.00146. The zero-order valence-electron chi connectivity index (χ0n) is 10.9. The molecule has 0 aliphatic heterocycles. The lowest BCUT2D eigenvalue weighted by Crippen LogP contribution is -2.32. The van der Waals surface area contributed by atoms with Crippen molar-refractivity contribution in [2.24, 2.45) is 11.7 Å². The summed E-state index contributed by atoms with van der Waals surface area (Å²) >= 11 is 6.21. The Morgan fingerprint density at radius 1 is 1.56 bits per heavy atom. The van der Waals surface area contributed by atoms with Crippen LogP contribution < -0.4 is 5.73 Å². The highest BCUT2D eigenvalue weighted by atomic mass is 35.5. The van der Waals surface area contributed by atoms with Crippen molar-refractivity contribution in [3.8, 4) is 0 Å². The van der Waals surface area contributed by atoms with Crippen LogP contribution in [0.15, 0.2) is 0 Å². The number of hydrogen-bond acceptors (Lipinski definition) is 3. The second kappa shape index (κ2) is 5.41. The quantitative estimate of drug-likeness (QED) is 0.911. The van der Waals surface area contributed by atoms with Crippen LogP contribution in [0.4, 0.5) is 0 Å². The molecule has 0 saturated heterocycles. The standard InChI is InChI=1S/C13H20ClN3O/c1-3-17-11(13(14)8(2)16-17)7-12(18)9-5-4-6-10(9)15/h9-10H,3-7,15H2,1-2H3. The highest BCUT2D eigenvalue weighted by Gasteiger charge is 2.31. The molecule has 100 valence electrons. The van der Waals surface area contributed by atoms with E-state index in [2.05, 4.69) is 5.10 Å². The first kappa shape index (κ1) is 13.6. The molecule has 1 aromatic rings. The molecule has 1 heterocycles. The third-order valence-corrected chi connectivity index (χ3v) is 4.27. The first-order valence-electron chi connectivity index (χ1n) is 6.54. The van der Waals surface area contributed by atoms with E-state index >= 15 is 0 Å². The number of hydrogen-bond donors (Lipinski definition) is 1. The van der Waals surface area contributed by atoms with Crippen molar-refractivity contribution in [2.75, 3.05) is 0 Å². The molecule has 2 N–H and O–H groups in total. The molecule has 18 heavy (non-hydrogen) atoms. The number of ketones is 1. The van der Waals surface area contributed by atoms with E-state index in [0.29, 0.717) is 11.4 Å². The van der Waals surface area contributed by atoms with Crippen LogP contribution in [-0.4, -0.2) is 21.6 Å². The molecule has 0 amide bonds. The van der Waals surface area contributed by atoms with E-state index in [9.17, 15) is 4.79 Å². The fraction of sp³-hybridized carbons (Fsp3) is 0.692. The van der Waals surface area contributed by atoms with Gasteiger partial charge in [-0.2, -0.15) is 5.10 Å². The van der Waals surface area contributed by atoms with Crippen molar-refractivity contribution < 1.29 is 4.79 Å². The van der Waals surface area contributed by atoms with E-state index in [0.717, 1.165) is 37.2 Å². The summed E-state index contributed by atoms with van der Waals surface area (Å²) in [6.45, 7) is 4.59. The number of nitrogens with two attached hydrogens (primary N) is 1. The molecule has 1 saturated carbocycles. The molecule has 1 aliphatic carbocycles. The lowest BCUT2D eigenvalue weighted by Gasteiger charge is -2.14. The summed E-state index contributed by atoms with van der Waals surface area (Å²) in [5.74, 6) is 0.207. The number of nitrogens with zero attached hydrogens (tertiary/aromatic N) is 2. The van der Waals surface area contributed by atoms with Gasteiger partial charge in [-0.25, -0.2) is 0 Å². The summed E-state index contributed by atoms with van der Waals surface area (Å²) in [6, 6.07) is 0.0235. The van der Waals surface area contributed by atoms with E-state index in [1.165, 1.54) is 0 Å². The van der Waals surface area contributed by atoms with Gasteiger partial charge in [0.15, 0.2) is 0 Å². The smallest absolute Gasteiger partial charge is 0.143 e. The van der Waals surface area contributed by atoms with Crippen molar-refractivity contribution in [3.05, 3.63) is 16.4 Å². The number of carbonyl (C=O) groups is 1. The summed E-state index contributed by atoms with van der Waals surface area (Å²) < 4.78 is 1.82. The maximum Gasteiger partial charge on any atom is 0.143 e. The van der Waals surface area contributed by atoms with Gasteiger partial charge >= 0.3 is 0 Å². The second-order valence-electron chi connectivity index (χ2n) is 5.01. The van der Waals surface area contributed by atoms with Gasteiger partial charge in [0.25, 0.3) is 0 Å². The fourth-order valence-electron chi connectivity index (χ4n) is 2.72. The number of rotatable bonds is 4. The zero-order valence-corrected chi connectivity index (χ0v) is 11.7. The first-order valence-corrected chi connectivity index (χ1v) is 6.92. The predicted molar refractivity (Wildman–Crippen MR) is 71.7 cm³/mol. The molecule has 0 radical (unpaired) electrons. The predicted octanol–water partition coefficient (Wildman–Crippen LogP) is 2.10. The van der Waals surface area contributed by atoms with Crippen molar-refractivity contribution in [1.82, 2.24) is 9.78 Å². The van der Waals surface area contributed by atoms with Gasteiger partial charge < -0.3 is 5.73 Å². The van der Waals surface area contributed by atoms with Gasteiger partial charge in [-0.3, -0.25) is 9.48 Å². The Kier molecular flexibility index (Phi) is 4.07. The lowest BCUT2D eigenvalue weighted by atomic mass is 9.95. The average Bonchev–Trinajstić information content (AvgIpc) is 2.87. The van der Waals surface area contributed by atoms with E-state index in [1.54, 1.807) is 0 Å². The fourth-order valence-corrected chi connectivity index (χ4v) is 2.92. The van der Waals surface area contributed by atoms with Crippen molar-refractivity contribution >= 4 is 17.4 Å². The maximum atomic E-state index is 12.3. The Labute approximate surface area is 112 Å². The van der Waals surface area contributed by atoms with Crippen LogP contribution in [0, 0.1) is 12.8 Å². The summed E-state index contributed by atoms with van der Waals surface area (Å²) in [4.78, 5) is 12.3. The van der Waals surface area contributed by atoms with Crippen molar-refractivity contribution in [2.45, 2.75) is 52.1 Å². The Morgan fingerprint density at radius 3 is 2.83 bits per heavy atom. The summed E-state index contributed by atoms with van der Waals surface area (Å²) in [5.41, 5.74) is 7.59. The van der Waals surface area contributed by atoms with E-state index < -0.39 is 0 Å². The third-order valence-electron chi connectivity index (χ3n) is 3.78. The van der Waals surface area contributed by atoms with Gasteiger partial charge in [-0.15, -0.1) is 0 Å². The van der Waals surface area contributed by atoms with E-state index in [4.69, 9.17) is 17.3 Å². The number of Topliss-reactive ketones (excluding diaryl/α,β-unsaturated/α-hetero) is 1. The molecule has 0 bridgehead atoms. The van der Waals surface area contributed by atoms with Crippen LogP contribution in [0.1, 0.15) is 37.6 Å². The van der Waals surface area contributed by atoms with E-state index in [-0.39, 0.29) is 17.7 Å². The molecule has 1 aliphatic rings. The van der Waals surface area contributed by atoms with Gasteiger partial charge in [-0.1, -0.05) is 18.0 Å². The van der Waals surface area contributed by atoms with Gasteiger partial charge in [0, 0.05) is 18.5 Å². The largest absolute Gasteiger partial charge is 0.327 e. The van der Waals surface area contributed by atoms with Crippen molar-refractivity contribution in [1.29, 1.82) is 0 Å². The minimum Gasteiger partial charge on any atom is -0.327 e. The Hall–Kier alpha value is -0.870. The average molecular weight is 270 g/mol. The Bertz CT molecular complexity index is 455. The molecule has 2 rings (SSSR count). The number of aryl methyl sites for hydroxylation is 2. The SMILES string of the molecule is CCn1nc(C)c(Cl)c1CC(=O)C1CCCC1N. The second-order valence-corrected chi connectivity index (χ2v) is 5.38. The number of halogens is 1. The molecular formula is C13H20ClN3O. The zero-order chi connectivity index (χ0) is 13.3. The maximum absolute atomic E-state index is 12.3. The molecule has 5 heteroatoms. The molecular weight excluding hydrogens is 250 g/mol. The summed E-state index contributed by atoms with van der Waals surface area (Å²) in [5, 5.41) is 4.95. The van der Waals surface area contributed by atoms with Crippen molar-refractivity contribution in [3.63, 3.8) is 0 Å². The van der Waals surface area contributed by atoms with E-state index in [1.807, 2.05) is 18.5 Å². The van der Waals surface area contributed by atoms with Crippen LogP contribution in [0.5, 0.6) is 0 Å². The summed E-state index contributed by atoms with van der Waals surface area (Å²) in [7, 11) is 0. The van der Waals surface area contributed by atoms with Gasteiger partial charge in [-0.05, 0) is 26.7 Å². The highest BCUT2D eigenvalue weighted by molar-refractivity contribution is 6.32. The monoisotopic (exact) mass is 269 g/mol. The molecule has 1 fully saturated rings. The molecule has 2 unspecified atom stereocenters. The lowest BCUT2D eigenvalue weighted by molar-refractivity contribution is -0.122. The van der Waals surface area contributed by atoms with Crippen LogP contribution in [0.2, 0.25) is 5.02 Å². The van der Waals surface area contributed by atoms with Crippen LogP contribution in [0.3, 0.4) is 0 Å². The van der Waals surface area contributed by atoms with Gasteiger partial charge in [0.2, 0.25) is 0 Å². The topological polar surface area (TPSA) is 60.9 Å². The number of carbonyl (C=O) groups excluding carboxylic acids is 1. The Morgan fingerprint density at radius 2 is 2.28 bits per heavy atom. The first-order chi connectivity index (χ1) is 8.54. The molecule has 0 aromatic carbocycles. The molecule has 2 atom stereocenters. The van der Waals surface area contributed by atoms with Gasteiger partial charge in [0.05, 0.1) is 22.8 Å². The normalized spacial score (nSPS) is 23.6. The highest BCUT2D eigenvalue weighted by Crippen LogP contribution is 2.28. The van der Waals surface area contributed by atoms with Crippen LogP contribution >= 0.6 is 11.6 Å².